The Kier molecular flexibility index (Phi) is 6.24. The summed E-state index contributed by atoms with van der Waals surface area (Å²) in [7, 11) is 0. The molecule has 4 heteroatoms. The molecule has 0 amide bonds. The quantitative estimate of drug-likeness (QED) is 0.742. The lowest BCUT2D eigenvalue weighted by Crippen LogP contribution is -2.21. The highest BCUT2D eigenvalue weighted by Gasteiger charge is 2.18. The predicted molar refractivity (Wildman–Crippen MR) is 88.5 cm³/mol. The van der Waals surface area contributed by atoms with Crippen LogP contribution in [-0.2, 0) is 6.54 Å². The maximum Gasteiger partial charge on any atom is 0.335 e. The first kappa shape index (κ1) is 16.5. The van der Waals surface area contributed by atoms with Gasteiger partial charge in [0.05, 0.1) is 5.56 Å². The van der Waals surface area contributed by atoms with E-state index in [0.29, 0.717) is 5.56 Å². The molecule has 1 saturated carbocycles. The molecule has 0 saturated heterocycles. The maximum absolute atomic E-state index is 10.9. The molecule has 1 aromatic rings. The summed E-state index contributed by atoms with van der Waals surface area (Å²) in [5, 5.41) is 12.4. The maximum atomic E-state index is 10.9. The molecule has 1 fully saturated rings. The van der Waals surface area contributed by atoms with E-state index in [1.54, 1.807) is 12.1 Å². The van der Waals surface area contributed by atoms with Crippen molar-refractivity contribution in [3.05, 3.63) is 33.8 Å². The smallest absolute Gasteiger partial charge is 0.335 e. The highest BCUT2D eigenvalue weighted by molar-refractivity contribution is 9.10. The van der Waals surface area contributed by atoms with Gasteiger partial charge in [-0.15, -0.1) is 0 Å². The van der Waals surface area contributed by atoms with Gasteiger partial charge >= 0.3 is 5.97 Å². The van der Waals surface area contributed by atoms with Gasteiger partial charge in [0.15, 0.2) is 0 Å². The van der Waals surface area contributed by atoms with Crippen molar-refractivity contribution in [1.82, 2.24) is 5.32 Å². The standard InChI is InChI=1S/C17H24BrNO2/c1-12-3-2-4-13(9-12)7-8-19-11-15-6-5-14(17(20)21)10-16(15)18/h5-6,10,12-13,19H,2-4,7-9,11H2,1H3,(H,20,21). The fourth-order valence-electron chi connectivity index (χ4n) is 3.17. The number of benzene rings is 1. The van der Waals surface area contributed by atoms with Crippen LogP contribution in [-0.4, -0.2) is 17.6 Å². The van der Waals surface area contributed by atoms with E-state index >= 15 is 0 Å². The topological polar surface area (TPSA) is 49.3 Å². The van der Waals surface area contributed by atoms with Crippen molar-refractivity contribution in [3.8, 4) is 0 Å². The van der Waals surface area contributed by atoms with Crippen LogP contribution in [0, 0.1) is 11.8 Å². The predicted octanol–water partition coefficient (Wildman–Crippen LogP) is 4.45. The molecule has 116 valence electrons. The van der Waals surface area contributed by atoms with Gasteiger partial charge in [-0.3, -0.25) is 0 Å². The number of halogens is 1. The van der Waals surface area contributed by atoms with E-state index in [1.165, 1.54) is 32.1 Å². The van der Waals surface area contributed by atoms with Gasteiger partial charge < -0.3 is 10.4 Å². The van der Waals surface area contributed by atoms with E-state index in [2.05, 4.69) is 28.2 Å². The Bertz CT molecular complexity index is 490. The number of carboxylic acids is 1. The Labute approximate surface area is 135 Å². The van der Waals surface area contributed by atoms with Crippen LogP contribution in [0.25, 0.3) is 0 Å². The number of nitrogens with one attached hydrogen (secondary N) is 1. The van der Waals surface area contributed by atoms with E-state index in [-0.39, 0.29) is 0 Å². The molecule has 2 atom stereocenters. The van der Waals surface area contributed by atoms with Crippen LogP contribution in [0.2, 0.25) is 0 Å². The Balaban J connectivity index is 1.74. The fourth-order valence-corrected chi connectivity index (χ4v) is 3.69. The molecule has 21 heavy (non-hydrogen) atoms. The van der Waals surface area contributed by atoms with E-state index in [0.717, 1.165) is 35.0 Å². The Morgan fingerprint density at radius 3 is 2.90 bits per heavy atom. The van der Waals surface area contributed by atoms with Crippen LogP contribution < -0.4 is 5.32 Å². The molecule has 1 aromatic carbocycles. The second kappa shape index (κ2) is 7.95. The van der Waals surface area contributed by atoms with Crippen LogP contribution >= 0.6 is 15.9 Å². The first-order chi connectivity index (χ1) is 10.1. The SMILES string of the molecule is CC1CCCC(CCNCc2ccc(C(=O)O)cc2Br)C1. The van der Waals surface area contributed by atoms with Crippen LogP contribution in [0.1, 0.15) is 54.9 Å². The number of aromatic carboxylic acids is 1. The Morgan fingerprint density at radius 2 is 2.24 bits per heavy atom. The molecule has 2 N–H and O–H groups in total. The van der Waals surface area contributed by atoms with Crippen molar-refractivity contribution in [2.24, 2.45) is 11.8 Å². The zero-order valence-corrected chi connectivity index (χ0v) is 14.2. The highest BCUT2D eigenvalue weighted by Crippen LogP contribution is 2.30. The van der Waals surface area contributed by atoms with Crippen molar-refractivity contribution in [2.45, 2.75) is 45.6 Å². The molecular weight excluding hydrogens is 330 g/mol. The first-order valence-electron chi connectivity index (χ1n) is 7.78. The van der Waals surface area contributed by atoms with Gasteiger partial charge in [-0.25, -0.2) is 4.79 Å². The Hall–Kier alpha value is -0.870. The molecule has 3 nitrogen and oxygen atoms in total. The van der Waals surface area contributed by atoms with Crippen molar-refractivity contribution < 1.29 is 9.90 Å². The summed E-state index contributed by atoms with van der Waals surface area (Å²) in [6, 6.07) is 5.21. The molecule has 1 aliphatic rings. The van der Waals surface area contributed by atoms with E-state index < -0.39 is 5.97 Å². The molecule has 1 aliphatic carbocycles. The molecule has 0 bridgehead atoms. The van der Waals surface area contributed by atoms with Crippen LogP contribution in [0.4, 0.5) is 0 Å². The summed E-state index contributed by atoms with van der Waals surface area (Å²) in [6.07, 6.45) is 6.78. The van der Waals surface area contributed by atoms with Gasteiger partial charge in [0.1, 0.15) is 0 Å². The molecule has 0 aromatic heterocycles. The van der Waals surface area contributed by atoms with Crippen molar-refractivity contribution in [3.63, 3.8) is 0 Å². The van der Waals surface area contributed by atoms with Crippen LogP contribution in [0.15, 0.2) is 22.7 Å². The lowest BCUT2D eigenvalue weighted by atomic mass is 9.81. The summed E-state index contributed by atoms with van der Waals surface area (Å²) >= 11 is 3.45. The number of hydrogen-bond donors (Lipinski definition) is 2. The van der Waals surface area contributed by atoms with Gasteiger partial charge in [-0.05, 0) is 48.9 Å². The second-order valence-electron chi connectivity index (χ2n) is 6.21. The number of hydrogen-bond acceptors (Lipinski definition) is 2. The van der Waals surface area contributed by atoms with E-state index in [1.807, 2.05) is 6.07 Å². The van der Waals surface area contributed by atoms with Crippen LogP contribution in [0.3, 0.4) is 0 Å². The summed E-state index contributed by atoms with van der Waals surface area (Å²) in [4.78, 5) is 10.9. The minimum atomic E-state index is -0.887. The number of carboxylic acid groups (broad SMARTS) is 1. The lowest BCUT2D eigenvalue weighted by molar-refractivity contribution is 0.0697. The summed E-state index contributed by atoms with van der Waals surface area (Å²) in [5.41, 5.74) is 1.43. The summed E-state index contributed by atoms with van der Waals surface area (Å²) < 4.78 is 0.862. The largest absolute Gasteiger partial charge is 0.478 e. The van der Waals surface area contributed by atoms with Gasteiger partial charge in [0, 0.05) is 11.0 Å². The van der Waals surface area contributed by atoms with Gasteiger partial charge in [0.25, 0.3) is 0 Å². The lowest BCUT2D eigenvalue weighted by Gasteiger charge is -2.26. The molecule has 0 heterocycles. The number of rotatable bonds is 6. The van der Waals surface area contributed by atoms with Gasteiger partial charge in [-0.2, -0.15) is 0 Å². The third-order valence-electron chi connectivity index (χ3n) is 4.39. The third-order valence-corrected chi connectivity index (χ3v) is 5.13. The van der Waals surface area contributed by atoms with Gasteiger partial charge in [-0.1, -0.05) is 48.2 Å². The minimum Gasteiger partial charge on any atom is -0.478 e. The highest BCUT2D eigenvalue weighted by atomic mass is 79.9. The molecule has 0 radical (unpaired) electrons. The van der Waals surface area contributed by atoms with Gasteiger partial charge in [0.2, 0.25) is 0 Å². The van der Waals surface area contributed by atoms with Crippen molar-refractivity contribution in [1.29, 1.82) is 0 Å². The normalized spacial score (nSPS) is 22.2. The van der Waals surface area contributed by atoms with Crippen molar-refractivity contribution >= 4 is 21.9 Å². The van der Waals surface area contributed by atoms with Crippen LogP contribution in [0.5, 0.6) is 0 Å². The average Bonchev–Trinajstić information content (AvgIpc) is 2.45. The fraction of sp³-hybridized carbons (Fsp3) is 0.588. The molecular formula is C17H24BrNO2. The first-order valence-corrected chi connectivity index (χ1v) is 8.58. The Morgan fingerprint density at radius 1 is 1.43 bits per heavy atom. The third kappa shape index (κ3) is 5.11. The zero-order chi connectivity index (χ0) is 15.2. The minimum absolute atomic E-state index is 0.321. The monoisotopic (exact) mass is 353 g/mol. The van der Waals surface area contributed by atoms with E-state index in [4.69, 9.17) is 5.11 Å². The second-order valence-corrected chi connectivity index (χ2v) is 7.07. The molecule has 2 rings (SSSR count). The summed E-state index contributed by atoms with van der Waals surface area (Å²) in [6.45, 7) is 4.17. The number of carbonyl (C=O) groups is 1. The molecule has 2 unspecified atom stereocenters. The van der Waals surface area contributed by atoms with Crippen molar-refractivity contribution in [2.75, 3.05) is 6.54 Å². The molecule has 0 aliphatic heterocycles. The summed E-state index contributed by atoms with van der Waals surface area (Å²) in [5.74, 6) is 0.877. The van der Waals surface area contributed by atoms with E-state index in [9.17, 15) is 4.79 Å². The average molecular weight is 354 g/mol. The molecule has 0 spiro atoms. The zero-order valence-electron chi connectivity index (χ0n) is 12.6.